The maximum Gasteiger partial charge on any atom is 0.345 e. The molecule has 0 aliphatic heterocycles. The maximum atomic E-state index is 12.8. The van der Waals surface area contributed by atoms with Crippen molar-refractivity contribution >= 4 is 5.97 Å². The van der Waals surface area contributed by atoms with E-state index in [1.807, 2.05) is 0 Å². The zero-order chi connectivity index (χ0) is 9.84. The standard InChI is InChI=1S/C8H7F2NO2/c1-2-13-8(12)6-5(9)3-4-11-7(6)10/h3-4H,2H2,1H3. The molecule has 1 aromatic heterocycles. The third-order valence-electron chi connectivity index (χ3n) is 1.33. The molecule has 1 aromatic rings. The fraction of sp³-hybridized carbons (Fsp3) is 0.250. The summed E-state index contributed by atoms with van der Waals surface area (Å²) in [5.74, 6) is -3.16. The van der Waals surface area contributed by atoms with E-state index < -0.39 is 23.3 Å². The van der Waals surface area contributed by atoms with E-state index in [0.29, 0.717) is 0 Å². The van der Waals surface area contributed by atoms with E-state index in [-0.39, 0.29) is 6.61 Å². The van der Waals surface area contributed by atoms with E-state index in [0.717, 1.165) is 12.3 Å². The Morgan fingerprint density at radius 2 is 2.31 bits per heavy atom. The number of hydrogen-bond acceptors (Lipinski definition) is 3. The number of aromatic nitrogens is 1. The van der Waals surface area contributed by atoms with Crippen LogP contribution in [0.3, 0.4) is 0 Å². The van der Waals surface area contributed by atoms with Crippen molar-refractivity contribution in [2.24, 2.45) is 0 Å². The molecule has 5 heteroatoms. The molecule has 0 aliphatic rings. The van der Waals surface area contributed by atoms with Crippen LogP contribution in [0.15, 0.2) is 12.3 Å². The molecule has 0 saturated carbocycles. The monoisotopic (exact) mass is 187 g/mol. The van der Waals surface area contributed by atoms with Gasteiger partial charge in [-0.05, 0) is 13.0 Å². The van der Waals surface area contributed by atoms with Crippen molar-refractivity contribution in [3.63, 3.8) is 0 Å². The predicted molar refractivity (Wildman–Crippen MR) is 40.1 cm³/mol. The van der Waals surface area contributed by atoms with Crippen LogP contribution in [0.5, 0.6) is 0 Å². The summed E-state index contributed by atoms with van der Waals surface area (Å²) in [6.45, 7) is 1.61. The lowest BCUT2D eigenvalue weighted by Gasteiger charge is -2.02. The zero-order valence-corrected chi connectivity index (χ0v) is 6.88. The van der Waals surface area contributed by atoms with Gasteiger partial charge < -0.3 is 4.74 Å². The first-order valence-electron chi connectivity index (χ1n) is 3.64. The Labute approximate surface area is 73.4 Å². The second-order valence-corrected chi connectivity index (χ2v) is 2.18. The van der Waals surface area contributed by atoms with Crippen molar-refractivity contribution in [3.8, 4) is 0 Å². The largest absolute Gasteiger partial charge is 0.462 e. The number of hydrogen-bond donors (Lipinski definition) is 0. The van der Waals surface area contributed by atoms with Crippen LogP contribution in [0.25, 0.3) is 0 Å². The fourth-order valence-electron chi connectivity index (χ4n) is 0.800. The Morgan fingerprint density at radius 1 is 1.62 bits per heavy atom. The number of ether oxygens (including phenoxy) is 1. The smallest absolute Gasteiger partial charge is 0.345 e. The summed E-state index contributed by atoms with van der Waals surface area (Å²) < 4.78 is 30.0. The van der Waals surface area contributed by atoms with Gasteiger partial charge in [-0.1, -0.05) is 0 Å². The highest BCUT2D eigenvalue weighted by molar-refractivity contribution is 5.89. The van der Waals surface area contributed by atoms with Crippen LogP contribution in [0.4, 0.5) is 8.78 Å². The summed E-state index contributed by atoms with van der Waals surface area (Å²) in [4.78, 5) is 14.1. The molecule has 0 aliphatic carbocycles. The van der Waals surface area contributed by atoms with Gasteiger partial charge in [0.2, 0.25) is 5.95 Å². The number of carbonyl (C=O) groups excluding carboxylic acids is 1. The van der Waals surface area contributed by atoms with Crippen LogP contribution in [-0.4, -0.2) is 17.6 Å². The molecule has 3 nitrogen and oxygen atoms in total. The number of rotatable bonds is 2. The van der Waals surface area contributed by atoms with Gasteiger partial charge in [0.05, 0.1) is 6.61 Å². The van der Waals surface area contributed by atoms with Crippen LogP contribution in [0, 0.1) is 11.8 Å². The summed E-state index contributed by atoms with van der Waals surface area (Å²) >= 11 is 0. The van der Waals surface area contributed by atoms with Gasteiger partial charge in [-0.15, -0.1) is 0 Å². The van der Waals surface area contributed by atoms with Crippen LogP contribution >= 0.6 is 0 Å². The minimum atomic E-state index is -1.15. The molecule has 0 N–H and O–H groups in total. The Bertz CT molecular complexity index is 308. The molecule has 0 aromatic carbocycles. The van der Waals surface area contributed by atoms with Gasteiger partial charge in [-0.25, -0.2) is 14.2 Å². The molecule has 0 saturated heterocycles. The molecular formula is C8H7F2NO2. The molecule has 0 unspecified atom stereocenters. The highest BCUT2D eigenvalue weighted by Crippen LogP contribution is 2.10. The SMILES string of the molecule is CCOC(=O)c1c(F)ccnc1F. The Balaban J connectivity index is 3.05. The topological polar surface area (TPSA) is 39.2 Å². The fourth-order valence-corrected chi connectivity index (χ4v) is 0.800. The van der Waals surface area contributed by atoms with E-state index in [4.69, 9.17) is 0 Å². The van der Waals surface area contributed by atoms with Crippen LogP contribution in [0.1, 0.15) is 17.3 Å². The Morgan fingerprint density at radius 3 is 2.85 bits per heavy atom. The molecule has 0 fully saturated rings. The first-order valence-corrected chi connectivity index (χ1v) is 3.64. The van der Waals surface area contributed by atoms with E-state index in [2.05, 4.69) is 9.72 Å². The summed E-state index contributed by atoms with van der Waals surface area (Å²) in [5, 5.41) is 0. The molecule has 0 radical (unpaired) electrons. The quantitative estimate of drug-likeness (QED) is 0.520. The number of nitrogens with zero attached hydrogens (tertiary/aromatic N) is 1. The van der Waals surface area contributed by atoms with Crippen LogP contribution in [-0.2, 0) is 4.74 Å². The van der Waals surface area contributed by atoms with Gasteiger partial charge in [0.15, 0.2) is 5.56 Å². The van der Waals surface area contributed by atoms with Gasteiger partial charge in [-0.2, -0.15) is 4.39 Å². The highest BCUT2D eigenvalue weighted by Gasteiger charge is 2.18. The minimum Gasteiger partial charge on any atom is -0.462 e. The highest BCUT2D eigenvalue weighted by atomic mass is 19.1. The normalized spacial score (nSPS) is 9.77. The van der Waals surface area contributed by atoms with Crippen molar-refractivity contribution in [3.05, 3.63) is 29.6 Å². The van der Waals surface area contributed by atoms with Gasteiger partial charge >= 0.3 is 5.97 Å². The van der Waals surface area contributed by atoms with Crippen molar-refractivity contribution in [2.75, 3.05) is 6.61 Å². The Kier molecular flexibility index (Phi) is 2.89. The van der Waals surface area contributed by atoms with Crippen molar-refractivity contribution in [1.82, 2.24) is 4.98 Å². The molecule has 0 atom stereocenters. The van der Waals surface area contributed by atoms with Crippen molar-refractivity contribution in [2.45, 2.75) is 6.92 Å². The summed E-state index contributed by atoms with van der Waals surface area (Å²) in [5.41, 5.74) is -0.746. The third-order valence-corrected chi connectivity index (χ3v) is 1.33. The van der Waals surface area contributed by atoms with E-state index in [9.17, 15) is 13.6 Å². The number of halogens is 2. The van der Waals surface area contributed by atoms with Crippen molar-refractivity contribution < 1.29 is 18.3 Å². The van der Waals surface area contributed by atoms with Crippen LogP contribution < -0.4 is 0 Å². The third kappa shape index (κ3) is 1.99. The second kappa shape index (κ2) is 3.93. The second-order valence-electron chi connectivity index (χ2n) is 2.18. The number of esters is 1. The first kappa shape index (κ1) is 9.57. The molecule has 70 valence electrons. The van der Waals surface area contributed by atoms with Gasteiger partial charge in [-0.3, -0.25) is 0 Å². The first-order chi connectivity index (χ1) is 6.16. The summed E-state index contributed by atoms with van der Waals surface area (Å²) in [6, 6.07) is 0.898. The molecule has 0 amide bonds. The molecule has 1 heterocycles. The average molecular weight is 187 g/mol. The lowest BCUT2D eigenvalue weighted by Crippen LogP contribution is -2.10. The minimum absolute atomic E-state index is 0.0621. The zero-order valence-electron chi connectivity index (χ0n) is 6.88. The van der Waals surface area contributed by atoms with Gasteiger partial charge in [0, 0.05) is 6.20 Å². The average Bonchev–Trinajstić information content (AvgIpc) is 2.04. The van der Waals surface area contributed by atoms with E-state index in [1.165, 1.54) is 0 Å². The lowest BCUT2D eigenvalue weighted by molar-refractivity contribution is 0.0514. The molecule has 1 rings (SSSR count). The number of pyridine rings is 1. The number of carbonyl (C=O) groups is 1. The van der Waals surface area contributed by atoms with Gasteiger partial charge in [0.1, 0.15) is 5.82 Å². The lowest BCUT2D eigenvalue weighted by atomic mass is 10.2. The molecule has 13 heavy (non-hydrogen) atoms. The Hall–Kier alpha value is -1.52. The van der Waals surface area contributed by atoms with Crippen LogP contribution in [0.2, 0.25) is 0 Å². The summed E-state index contributed by atoms with van der Waals surface area (Å²) in [6.07, 6.45) is 0.938. The van der Waals surface area contributed by atoms with E-state index in [1.54, 1.807) is 6.92 Å². The van der Waals surface area contributed by atoms with Crippen molar-refractivity contribution in [1.29, 1.82) is 0 Å². The molecular weight excluding hydrogens is 180 g/mol. The molecule has 0 spiro atoms. The summed E-state index contributed by atoms with van der Waals surface area (Å²) in [7, 11) is 0. The van der Waals surface area contributed by atoms with E-state index >= 15 is 0 Å². The predicted octanol–water partition coefficient (Wildman–Crippen LogP) is 1.54. The molecule has 0 bridgehead atoms. The van der Waals surface area contributed by atoms with Gasteiger partial charge in [0.25, 0.3) is 0 Å². The maximum absolute atomic E-state index is 12.8.